The van der Waals surface area contributed by atoms with Gasteiger partial charge in [-0.25, -0.2) is 0 Å². The molecule has 2 fully saturated rings. The van der Waals surface area contributed by atoms with Gasteiger partial charge in [-0.05, 0) is 76.2 Å². The summed E-state index contributed by atoms with van der Waals surface area (Å²) in [5.74, 6) is -6.77. The van der Waals surface area contributed by atoms with Crippen LogP contribution in [0.5, 0.6) is 5.75 Å². The minimum Gasteiger partial charge on any atom is -0.508 e. The second-order valence-electron chi connectivity index (χ2n) is 11.8. The van der Waals surface area contributed by atoms with Crippen molar-refractivity contribution in [2.24, 2.45) is 17.6 Å². The van der Waals surface area contributed by atoms with Gasteiger partial charge in [-0.2, -0.15) is 0 Å². The zero-order chi connectivity index (χ0) is 29.4. The lowest BCUT2D eigenvalue weighted by Gasteiger charge is -2.50. The Labute approximate surface area is 237 Å². The standard InChI is InChI=1S/C29H36ClN3O7/c1-5-15-7-6-12(2)33(15)11-14-10-18(34)20-16(22(14)30)8-13-9-17-23(32(3)4)25(36)21(28(31)39)27(38)29(17,40)26(37)19(13)24(20)35/h10,12-13,15,17,23,34-35,38,40H,5-9,11H2,1-4H3,(H2,31,39)/t12-,13+,15-,17+,23+,29+/m1/s1. The number of hydrogen-bond donors (Lipinski definition) is 5. The Morgan fingerprint density at radius 1 is 1.23 bits per heavy atom. The van der Waals surface area contributed by atoms with Crippen molar-refractivity contribution in [3.63, 3.8) is 0 Å². The highest BCUT2D eigenvalue weighted by Crippen LogP contribution is 2.53. The number of likely N-dealkylation sites (tertiary alicyclic amines) is 1. The van der Waals surface area contributed by atoms with E-state index in [9.17, 15) is 34.8 Å². The smallest absolute Gasteiger partial charge is 0.255 e. The van der Waals surface area contributed by atoms with Crippen LogP contribution in [0.15, 0.2) is 23.0 Å². The fraction of sp³-hybridized carbons (Fsp3) is 0.552. The van der Waals surface area contributed by atoms with Crippen molar-refractivity contribution in [2.45, 2.75) is 76.2 Å². The number of phenols is 1. The fourth-order valence-corrected chi connectivity index (χ4v) is 7.79. The number of hydrogen-bond acceptors (Lipinski definition) is 9. The molecule has 0 unspecified atom stereocenters. The van der Waals surface area contributed by atoms with E-state index in [0.29, 0.717) is 34.8 Å². The second kappa shape index (κ2) is 9.87. The molecule has 3 aliphatic carbocycles. The van der Waals surface area contributed by atoms with Gasteiger partial charge in [-0.1, -0.05) is 18.5 Å². The van der Waals surface area contributed by atoms with Crippen LogP contribution in [0.3, 0.4) is 0 Å². The maximum absolute atomic E-state index is 13.9. The number of halogens is 1. The minimum absolute atomic E-state index is 0.00607. The molecule has 6 N–H and O–H groups in total. The Balaban J connectivity index is 1.63. The molecule has 1 saturated carbocycles. The van der Waals surface area contributed by atoms with E-state index in [0.717, 1.165) is 19.3 Å². The quantitative estimate of drug-likeness (QED) is 0.332. The summed E-state index contributed by atoms with van der Waals surface area (Å²) in [5.41, 5.74) is 2.89. The van der Waals surface area contributed by atoms with Crippen LogP contribution in [-0.2, 0) is 27.3 Å². The van der Waals surface area contributed by atoms with E-state index in [1.165, 1.54) is 11.0 Å². The van der Waals surface area contributed by atoms with E-state index < -0.39 is 58.0 Å². The summed E-state index contributed by atoms with van der Waals surface area (Å²) in [6, 6.07) is 1.13. The number of fused-ring (bicyclic) bond motifs is 3. The molecule has 1 aromatic rings. The van der Waals surface area contributed by atoms with Crippen LogP contribution in [0.2, 0.25) is 5.02 Å². The largest absolute Gasteiger partial charge is 0.508 e. The normalized spacial score (nSPS) is 32.4. The lowest BCUT2D eigenvalue weighted by molar-refractivity contribution is -0.153. The number of aliphatic hydroxyl groups excluding tert-OH is 2. The van der Waals surface area contributed by atoms with Crippen molar-refractivity contribution in [2.75, 3.05) is 14.1 Å². The lowest BCUT2D eigenvalue weighted by Crippen LogP contribution is -2.65. The van der Waals surface area contributed by atoms with Crippen molar-refractivity contribution >= 4 is 34.8 Å². The number of carbonyl (C=O) groups excluding carboxylic acids is 3. The van der Waals surface area contributed by atoms with Crippen LogP contribution >= 0.6 is 11.6 Å². The first-order valence-electron chi connectivity index (χ1n) is 13.7. The first-order chi connectivity index (χ1) is 18.7. The Morgan fingerprint density at radius 3 is 2.50 bits per heavy atom. The van der Waals surface area contributed by atoms with E-state index >= 15 is 0 Å². The Kier molecular flexibility index (Phi) is 7.06. The van der Waals surface area contributed by atoms with Crippen molar-refractivity contribution in [1.29, 1.82) is 0 Å². The Morgan fingerprint density at radius 2 is 1.90 bits per heavy atom. The summed E-state index contributed by atoms with van der Waals surface area (Å²) >= 11 is 6.93. The van der Waals surface area contributed by atoms with Gasteiger partial charge in [-0.3, -0.25) is 24.2 Å². The molecular formula is C29H36ClN3O7. The molecule has 0 aromatic heterocycles. The predicted octanol–water partition coefficient (Wildman–Crippen LogP) is 2.38. The number of rotatable bonds is 5. The van der Waals surface area contributed by atoms with Crippen LogP contribution in [0.1, 0.15) is 56.2 Å². The van der Waals surface area contributed by atoms with Crippen LogP contribution in [0, 0.1) is 11.8 Å². The van der Waals surface area contributed by atoms with E-state index in [1.54, 1.807) is 14.1 Å². The number of likely N-dealkylation sites (N-methyl/N-ethyl adjacent to an activating group) is 1. The molecule has 4 aliphatic rings. The molecule has 1 heterocycles. The molecule has 0 spiro atoms. The van der Waals surface area contributed by atoms with E-state index in [1.807, 2.05) is 0 Å². The molecule has 0 bridgehead atoms. The van der Waals surface area contributed by atoms with Gasteiger partial charge >= 0.3 is 0 Å². The zero-order valence-corrected chi connectivity index (χ0v) is 23.8. The maximum Gasteiger partial charge on any atom is 0.255 e. The van der Waals surface area contributed by atoms with Gasteiger partial charge in [0.25, 0.3) is 5.91 Å². The van der Waals surface area contributed by atoms with Crippen LogP contribution in [0.4, 0.5) is 0 Å². The molecule has 40 heavy (non-hydrogen) atoms. The van der Waals surface area contributed by atoms with E-state index in [4.69, 9.17) is 17.3 Å². The number of carbonyl (C=O) groups is 3. The van der Waals surface area contributed by atoms with Crippen LogP contribution in [0.25, 0.3) is 5.76 Å². The first kappa shape index (κ1) is 28.6. The van der Waals surface area contributed by atoms with Gasteiger partial charge in [0, 0.05) is 35.1 Å². The summed E-state index contributed by atoms with van der Waals surface area (Å²) in [5, 5.41) is 45.5. The predicted molar refractivity (Wildman–Crippen MR) is 148 cm³/mol. The van der Waals surface area contributed by atoms with Crippen molar-refractivity contribution in [1.82, 2.24) is 9.80 Å². The highest BCUT2D eigenvalue weighted by atomic mass is 35.5. The number of benzene rings is 1. The third-order valence-corrected chi connectivity index (χ3v) is 9.98. The monoisotopic (exact) mass is 573 g/mol. The number of ketones is 2. The number of nitrogens with two attached hydrogens (primary N) is 1. The van der Waals surface area contributed by atoms with E-state index in [2.05, 4.69) is 18.7 Å². The molecule has 1 amide bonds. The Bertz CT molecular complexity index is 1390. The van der Waals surface area contributed by atoms with Crippen molar-refractivity contribution in [3.05, 3.63) is 44.7 Å². The second-order valence-corrected chi connectivity index (χ2v) is 12.2. The molecular weight excluding hydrogens is 538 g/mol. The lowest BCUT2D eigenvalue weighted by atomic mass is 9.57. The maximum atomic E-state index is 13.9. The number of phenolic OH excluding ortho intramolecular Hbond substituents is 1. The number of primary amides is 1. The molecule has 216 valence electrons. The van der Waals surface area contributed by atoms with Crippen molar-refractivity contribution < 1.29 is 34.8 Å². The fourth-order valence-electron chi connectivity index (χ4n) is 7.51. The molecule has 1 saturated heterocycles. The molecule has 1 aliphatic heterocycles. The number of Topliss-reactive ketones (excluding diaryl/α,β-unsaturated/α-hetero) is 2. The molecule has 11 heteroatoms. The summed E-state index contributed by atoms with van der Waals surface area (Å²) in [7, 11) is 3.13. The minimum atomic E-state index is -2.66. The summed E-state index contributed by atoms with van der Waals surface area (Å²) in [4.78, 5) is 43.1. The summed E-state index contributed by atoms with van der Waals surface area (Å²) < 4.78 is 0. The number of amides is 1. The highest BCUT2D eigenvalue weighted by Gasteiger charge is 2.64. The van der Waals surface area contributed by atoms with Crippen LogP contribution in [-0.4, -0.2) is 85.5 Å². The van der Waals surface area contributed by atoms with Gasteiger partial charge in [0.1, 0.15) is 22.8 Å². The summed E-state index contributed by atoms with van der Waals surface area (Å²) in [6.07, 6.45) is 3.33. The zero-order valence-electron chi connectivity index (χ0n) is 23.1. The van der Waals surface area contributed by atoms with Gasteiger partial charge < -0.3 is 26.2 Å². The first-order valence-corrected chi connectivity index (χ1v) is 14.1. The van der Waals surface area contributed by atoms with Gasteiger partial charge in [0.05, 0.1) is 11.6 Å². The van der Waals surface area contributed by atoms with Gasteiger partial charge in [-0.15, -0.1) is 0 Å². The summed E-state index contributed by atoms with van der Waals surface area (Å²) in [6.45, 7) is 4.83. The molecule has 10 nitrogen and oxygen atoms in total. The number of nitrogens with zero attached hydrogens (tertiary/aromatic N) is 2. The molecule has 5 rings (SSSR count). The number of aliphatic hydroxyl groups is 3. The SMILES string of the molecule is CC[C@@H]1CC[C@@H](C)N1Cc1cc(O)c2c(c1Cl)C[C@H]1C[C@H]3[C@H](N(C)C)C(=O)C(C(N)=O)=C(O)[C@@]3(O)C(=O)C1=C2O. The third kappa shape index (κ3) is 3.91. The molecule has 1 aromatic carbocycles. The van der Waals surface area contributed by atoms with Gasteiger partial charge in [0.15, 0.2) is 11.4 Å². The average Bonchev–Trinajstić information content (AvgIpc) is 3.22. The van der Waals surface area contributed by atoms with Crippen LogP contribution < -0.4 is 5.73 Å². The topological polar surface area (TPSA) is 165 Å². The average molecular weight is 574 g/mol. The number of aromatic hydroxyl groups is 1. The molecule has 0 radical (unpaired) electrons. The van der Waals surface area contributed by atoms with Crippen molar-refractivity contribution in [3.8, 4) is 5.75 Å². The Hall–Kier alpha value is -2.92. The molecule has 6 atom stereocenters. The van der Waals surface area contributed by atoms with Gasteiger partial charge in [0.2, 0.25) is 5.78 Å². The third-order valence-electron chi connectivity index (χ3n) is 9.51. The van der Waals surface area contributed by atoms with E-state index in [-0.39, 0.29) is 29.7 Å². The highest BCUT2D eigenvalue weighted by molar-refractivity contribution is 6.32.